The molecule has 0 fully saturated rings. The van der Waals surface area contributed by atoms with Crippen molar-refractivity contribution >= 4 is 11.8 Å². The van der Waals surface area contributed by atoms with Crippen molar-refractivity contribution in [3.8, 4) is 17.2 Å². The molecule has 130 valence electrons. The van der Waals surface area contributed by atoms with Crippen LogP contribution < -0.4 is 24.6 Å². The van der Waals surface area contributed by atoms with Crippen molar-refractivity contribution in [2.24, 2.45) is 0 Å². The van der Waals surface area contributed by atoms with E-state index in [-0.39, 0.29) is 6.04 Å². The maximum absolute atomic E-state index is 5.65. The molecule has 0 aromatic heterocycles. The summed E-state index contributed by atoms with van der Waals surface area (Å²) >= 11 is 0. The van der Waals surface area contributed by atoms with Crippen molar-refractivity contribution in [1.29, 1.82) is 0 Å². The zero-order valence-corrected chi connectivity index (χ0v) is 15.1. The Balaban J connectivity index is 1.97. The molecule has 1 unspecified atom stereocenters. The minimum atomic E-state index is 0.240. The molecular formula is C21H23NO3. The number of hydrogen-bond acceptors (Lipinski definition) is 4. The third-order valence-corrected chi connectivity index (χ3v) is 5.33. The van der Waals surface area contributed by atoms with E-state index < -0.39 is 0 Å². The fourth-order valence-corrected chi connectivity index (χ4v) is 4.10. The van der Waals surface area contributed by atoms with Gasteiger partial charge in [-0.1, -0.05) is 12.1 Å². The van der Waals surface area contributed by atoms with Crippen molar-refractivity contribution in [2.75, 3.05) is 27.9 Å². The molecule has 4 nitrogen and oxygen atoms in total. The van der Waals surface area contributed by atoms with Crippen LogP contribution in [0.5, 0.6) is 17.2 Å². The Kier molecular flexibility index (Phi) is 3.83. The van der Waals surface area contributed by atoms with Crippen LogP contribution in [-0.2, 0) is 6.42 Å². The molecule has 4 rings (SSSR count). The third kappa shape index (κ3) is 2.36. The molecule has 0 saturated heterocycles. The lowest BCUT2D eigenvalue weighted by atomic mass is 9.86. The quantitative estimate of drug-likeness (QED) is 0.859. The number of ether oxygens (including phenoxy) is 3. The van der Waals surface area contributed by atoms with E-state index in [1.54, 1.807) is 21.3 Å². The van der Waals surface area contributed by atoms with E-state index in [1.165, 1.54) is 21.9 Å². The van der Waals surface area contributed by atoms with Crippen molar-refractivity contribution in [1.82, 2.24) is 4.90 Å². The first kappa shape index (κ1) is 15.9. The first-order valence-corrected chi connectivity index (χ1v) is 8.54. The first-order valence-electron chi connectivity index (χ1n) is 8.54. The molecule has 2 aliphatic rings. The van der Waals surface area contributed by atoms with Crippen LogP contribution in [0.25, 0.3) is 11.8 Å². The Morgan fingerprint density at radius 3 is 2.56 bits per heavy atom. The summed E-state index contributed by atoms with van der Waals surface area (Å²) in [5.41, 5.74) is 4.06. The summed E-state index contributed by atoms with van der Waals surface area (Å²) in [7, 11) is 5.10. The Labute approximate surface area is 147 Å². The predicted molar refractivity (Wildman–Crippen MR) is 98.5 cm³/mol. The summed E-state index contributed by atoms with van der Waals surface area (Å²) in [5.74, 6) is 2.48. The summed E-state index contributed by atoms with van der Waals surface area (Å²) in [6.45, 7) is 3.20. The summed E-state index contributed by atoms with van der Waals surface area (Å²) in [4.78, 5) is 2.40. The Hall–Kier alpha value is -2.62. The monoisotopic (exact) mass is 337 g/mol. The number of hydrogen-bond donors (Lipinski definition) is 0. The molecular weight excluding hydrogens is 314 g/mol. The second kappa shape index (κ2) is 6.03. The highest BCUT2D eigenvalue weighted by atomic mass is 16.5. The van der Waals surface area contributed by atoms with Crippen LogP contribution in [-0.4, -0.2) is 32.8 Å². The molecule has 0 N–H and O–H groups in total. The standard InChI is InChI=1S/C21H23NO3/c1-13-16-7-8-19(24-3)21(25-4)18(16)12-22-10-9-14-5-6-15(23-2)11-17(14)20(13)22/h5-8,11-12,20H,9-10H2,1-4H3. The van der Waals surface area contributed by atoms with Crippen molar-refractivity contribution in [3.63, 3.8) is 0 Å². The van der Waals surface area contributed by atoms with Gasteiger partial charge in [-0.25, -0.2) is 0 Å². The molecule has 0 amide bonds. The van der Waals surface area contributed by atoms with Crippen molar-refractivity contribution < 1.29 is 14.2 Å². The molecule has 0 radical (unpaired) electrons. The summed E-state index contributed by atoms with van der Waals surface area (Å²) in [5, 5.41) is 2.32. The maximum Gasteiger partial charge on any atom is 0.169 e. The lowest BCUT2D eigenvalue weighted by molar-refractivity contribution is 0.330. The predicted octanol–water partition coefficient (Wildman–Crippen LogP) is 2.23. The Bertz CT molecular complexity index is 948. The van der Waals surface area contributed by atoms with E-state index in [1.807, 2.05) is 6.07 Å². The van der Waals surface area contributed by atoms with E-state index in [0.717, 1.165) is 35.4 Å². The van der Waals surface area contributed by atoms with Crippen LogP contribution in [0.1, 0.15) is 24.1 Å². The topological polar surface area (TPSA) is 30.9 Å². The van der Waals surface area contributed by atoms with Gasteiger partial charge in [0.25, 0.3) is 0 Å². The van der Waals surface area contributed by atoms with E-state index in [4.69, 9.17) is 14.2 Å². The zero-order chi connectivity index (χ0) is 17.6. The maximum atomic E-state index is 5.65. The zero-order valence-electron chi connectivity index (χ0n) is 15.1. The number of nitrogens with zero attached hydrogens (tertiary/aromatic N) is 1. The highest BCUT2D eigenvalue weighted by Crippen LogP contribution is 2.38. The lowest BCUT2D eigenvalue weighted by Crippen LogP contribution is -2.43. The minimum Gasteiger partial charge on any atom is -0.497 e. The third-order valence-electron chi connectivity index (χ3n) is 5.33. The Morgan fingerprint density at radius 2 is 1.84 bits per heavy atom. The number of rotatable bonds is 3. The number of fused-ring (bicyclic) bond motifs is 4. The molecule has 0 spiro atoms. The second-order valence-corrected chi connectivity index (χ2v) is 6.53. The molecule has 2 aliphatic heterocycles. The highest BCUT2D eigenvalue weighted by Gasteiger charge is 2.30. The minimum absolute atomic E-state index is 0.240. The molecule has 25 heavy (non-hydrogen) atoms. The summed E-state index contributed by atoms with van der Waals surface area (Å²) in [6, 6.07) is 10.8. The van der Waals surface area contributed by atoms with Crippen LogP contribution in [0.2, 0.25) is 0 Å². The largest absolute Gasteiger partial charge is 0.497 e. The van der Waals surface area contributed by atoms with Gasteiger partial charge in [-0.3, -0.25) is 0 Å². The van der Waals surface area contributed by atoms with E-state index in [2.05, 4.69) is 42.3 Å². The normalized spacial score (nSPS) is 17.8. The molecule has 2 aromatic carbocycles. The SMILES string of the molecule is COc1ccc2c(c1)C1C(C)=c3ccc(OC)c(OC)c3=CN1CC2. The van der Waals surface area contributed by atoms with Crippen LogP contribution in [0.15, 0.2) is 30.3 Å². The van der Waals surface area contributed by atoms with Crippen LogP contribution in [0.4, 0.5) is 0 Å². The molecule has 0 saturated carbocycles. The van der Waals surface area contributed by atoms with Gasteiger partial charge in [-0.15, -0.1) is 0 Å². The first-order chi connectivity index (χ1) is 12.2. The average molecular weight is 337 g/mol. The number of benzene rings is 2. The van der Waals surface area contributed by atoms with Crippen molar-refractivity contribution in [2.45, 2.75) is 19.4 Å². The molecule has 1 atom stereocenters. The average Bonchev–Trinajstić information content (AvgIpc) is 2.66. The van der Waals surface area contributed by atoms with Gasteiger partial charge in [0.2, 0.25) is 0 Å². The lowest BCUT2D eigenvalue weighted by Gasteiger charge is -2.39. The van der Waals surface area contributed by atoms with Gasteiger partial charge >= 0.3 is 0 Å². The van der Waals surface area contributed by atoms with Gasteiger partial charge in [0, 0.05) is 18.0 Å². The molecule has 4 heteroatoms. The van der Waals surface area contributed by atoms with Gasteiger partial charge in [0.15, 0.2) is 11.5 Å². The molecule has 0 bridgehead atoms. The van der Waals surface area contributed by atoms with Crippen LogP contribution >= 0.6 is 0 Å². The van der Waals surface area contributed by atoms with Gasteiger partial charge in [0.1, 0.15) is 5.75 Å². The highest BCUT2D eigenvalue weighted by molar-refractivity contribution is 5.63. The molecule has 0 aliphatic carbocycles. The summed E-state index contributed by atoms with van der Waals surface area (Å²) < 4.78 is 16.6. The van der Waals surface area contributed by atoms with E-state index in [0.29, 0.717) is 0 Å². The van der Waals surface area contributed by atoms with Crippen LogP contribution in [0, 0.1) is 0 Å². The van der Waals surface area contributed by atoms with E-state index >= 15 is 0 Å². The van der Waals surface area contributed by atoms with Crippen molar-refractivity contribution in [3.05, 3.63) is 51.9 Å². The smallest absolute Gasteiger partial charge is 0.169 e. The fraction of sp³-hybridized carbons (Fsp3) is 0.333. The van der Waals surface area contributed by atoms with Gasteiger partial charge in [0.05, 0.1) is 27.4 Å². The Morgan fingerprint density at radius 1 is 1.00 bits per heavy atom. The number of methoxy groups -OCH3 is 3. The second-order valence-electron chi connectivity index (χ2n) is 6.53. The fourth-order valence-electron chi connectivity index (χ4n) is 4.10. The molecule has 2 aromatic rings. The molecule has 2 heterocycles. The van der Waals surface area contributed by atoms with Gasteiger partial charge in [-0.2, -0.15) is 0 Å². The van der Waals surface area contributed by atoms with Gasteiger partial charge < -0.3 is 19.1 Å². The van der Waals surface area contributed by atoms with E-state index in [9.17, 15) is 0 Å². The van der Waals surface area contributed by atoms with Crippen LogP contribution in [0.3, 0.4) is 0 Å². The summed E-state index contributed by atoms with van der Waals surface area (Å²) in [6.07, 6.45) is 3.25. The van der Waals surface area contributed by atoms with Gasteiger partial charge in [-0.05, 0) is 53.5 Å².